The van der Waals surface area contributed by atoms with Gasteiger partial charge in [-0.1, -0.05) is 26.0 Å². The molecule has 0 fully saturated rings. The van der Waals surface area contributed by atoms with Crippen molar-refractivity contribution < 1.29 is 4.74 Å². The number of rotatable bonds is 8. The maximum atomic E-state index is 5.20. The Morgan fingerprint density at radius 1 is 1.24 bits per heavy atom. The summed E-state index contributed by atoms with van der Waals surface area (Å²) in [4.78, 5) is 2.42. The van der Waals surface area contributed by atoms with Crippen LogP contribution in [0, 0.1) is 0 Å². The molecule has 0 unspecified atom stereocenters. The van der Waals surface area contributed by atoms with Crippen LogP contribution in [0.25, 0.3) is 0 Å². The van der Waals surface area contributed by atoms with Crippen molar-refractivity contribution in [3.63, 3.8) is 0 Å². The highest BCUT2D eigenvalue weighted by atomic mass is 16.5. The van der Waals surface area contributed by atoms with E-state index in [2.05, 4.69) is 36.2 Å². The van der Waals surface area contributed by atoms with E-state index in [9.17, 15) is 0 Å². The van der Waals surface area contributed by atoms with Gasteiger partial charge in [-0.3, -0.25) is 0 Å². The molecule has 0 radical (unpaired) electrons. The van der Waals surface area contributed by atoms with Crippen molar-refractivity contribution in [2.45, 2.75) is 20.4 Å². The summed E-state index contributed by atoms with van der Waals surface area (Å²) in [7, 11) is 1.70. The fourth-order valence-electron chi connectivity index (χ4n) is 1.79. The van der Waals surface area contributed by atoms with Crippen molar-refractivity contribution >= 4 is 0 Å². The molecule has 0 bridgehead atoms. The van der Waals surface area contributed by atoms with Crippen molar-refractivity contribution in [3.05, 3.63) is 29.8 Å². The minimum atomic E-state index is 0.901. The average molecular weight is 236 g/mol. The van der Waals surface area contributed by atoms with Crippen LogP contribution in [0.2, 0.25) is 0 Å². The van der Waals surface area contributed by atoms with Crippen LogP contribution in [0.5, 0.6) is 5.75 Å². The molecular weight excluding hydrogens is 212 g/mol. The van der Waals surface area contributed by atoms with E-state index in [1.807, 2.05) is 12.1 Å². The molecule has 0 aliphatic carbocycles. The summed E-state index contributed by atoms with van der Waals surface area (Å²) in [6.07, 6.45) is 0. The van der Waals surface area contributed by atoms with Crippen LogP contribution in [-0.2, 0) is 6.54 Å². The molecule has 96 valence electrons. The lowest BCUT2D eigenvalue weighted by Crippen LogP contribution is -2.31. The van der Waals surface area contributed by atoms with Gasteiger partial charge < -0.3 is 15.0 Å². The first kappa shape index (κ1) is 14.0. The first-order chi connectivity index (χ1) is 8.30. The zero-order chi connectivity index (χ0) is 12.5. The fraction of sp³-hybridized carbons (Fsp3) is 0.571. The first-order valence-electron chi connectivity index (χ1n) is 6.36. The Morgan fingerprint density at radius 3 is 2.65 bits per heavy atom. The molecular formula is C14H24N2O. The van der Waals surface area contributed by atoms with Gasteiger partial charge in [0.1, 0.15) is 5.75 Å². The quantitative estimate of drug-likeness (QED) is 0.700. The van der Waals surface area contributed by atoms with Gasteiger partial charge in [-0.05, 0) is 30.8 Å². The zero-order valence-electron chi connectivity index (χ0n) is 11.2. The maximum absolute atomic E-state index is 5.20. The second-order valence-electron chi connectivity index (χ2n) is 4.06. The monoisotopic (exact) mass is 236 g/mol. The first-order valence-corrected chi connectivity index (χ1v) is 6.36. The summed E-state index contributed by atoms with van der Waals surface area (Å²) >= 11 is 0. The summed E-state index contributed by atoms with van der Waals surface area (Å²) in [6, 6.07) is 8.19. The average Bonchev–Trinajstić information content (AvgIpc) is 2.39. The van der Waals surface area contributed by atoms with Crippen LogP contribution in [0.3, 0.4) is 0 Å². The number of hydrogen-bond donors (Lipinski definition) is 1. The van der Waals surface area contributed by atoms with Crippen molar-refractivity contribution in [2.75, 3.05) is 33.3 Å². The number of ether oxygens (including phenoxy) is 1. The number of hydrogen-bond acceptors (Lipinski definition) is 3. The van der Waals surface area contributed by atoms with Gasteiger partial charge in [0, 0.05) is 19.6 Å². The summed E-state index contributed by atoms with van der Waals surface area (Å²) in [5, 5.41) is 3.45. The van der Waals surface area contributed by atoms with Crippen LogP contribution in [0.4, 0.5) is 0 Å². The highest BCUT2D eigenvalue weighted by Gasteiger charge is 1.98. The van der Waals surface area contributed by atoms with E-state index in [1.165, 1.54) is 5.56 Å². The molecule has 0 heterocycles. The van der Waals surface area contributed by atoms with E-state index in [1.54, 1.807) is 7.11 Å². The third-order valence-corrected chi connectivity index (χ3v) is 2.96. The van der Waals surface area contributed by atoms with E-state index in [4.69, 9.17) is 4.74 Å². The Balaban J connectivity index is 2.26. The van der Waals surface area contributed by atoms with Gasteiger partial charge in [0.2, 0.25) is 0 Å². The van der Waals surface area contributed by atoms with Crippen molar-refractivity contribution in [3.8, 4) is 5.75 Å². The number of benzene rings is 1. The highest BCUT2D eigenvalue weighted by molar-refractivity contribution is 5.28. The van der Waals surface area contributed by atoms with E-state index in [0.717, 1.165) is 38.5 Å². The minimum absolute atomic E-state index is 0.901. The predicted molar refractivity (Wildman–Crippen MR) is 72.5 cm³/mol. The lowest BCUT2D eigenvalue weighted by molar-refractivity contribution is 0.302. The molecule has 0 saturated heterocycles. The minimum Gasteiger partial charge on any atom is -0.497 e. The van der Waals surface area contributed by atoms with Crippen LogP contribution in [0.1, 0.15) is 19.4 Å². The molecule has 3 nitrogen and oxygen atoms in total. The lowest BCUT2D eigenvalue weighted by atomic mass is 10.2. The number of nitrogens with zero attached hydrogens (tertiary/aromatic N) is 1. The zero-order valence-corrected chi connectivity index (χ0v) is 11.2. The summed E-state index contributed by atoms with van der Waals surface area (Å²) in [5.74, 6) is 0.924. The van der Waals surface area contributed by atoms with Crippen LogP contribution in [0.15, 0.2) is 24.3 Å². The summed E-state index contributed by atoms with van der Waals surface area (Å²) in [6.45, 7) is 9.68. The Bertz CT molecular complexity index is 311. The van der Waals surface area contributed by atoms with Gasteiger partial charge in [0.15, 0.2) is 0 Å². The smallest absolute Gasteiger partial charge is 0.119 e. The van der Waals surface area contributed by atoms with E-state index >= 15 is 0 Å². The Labute approximate surface area is 105 Å². The third-order valence-electron chi connectivity index (χ3n) is 2.96. The van der Waals surface area contributed by atoms with Crippen molar-refractivity contribution in [1.82, 2.24) is 10.2 Å². The van der Waals surface area contributed by atoms with Gasteiger partial charge in [-0.25, -0.2) is 0 Å². The molecule has 0 aliphatic rings. The molecule has 1 aromatic carbocycles. The Morgan fingerprint density at radius 2 is 2.00 bits per heavy atom. The Kier molecular flexibility index (Phi) is 6.67. The van der Waals surface area contributed by atoms with Gasteiger partial charge in [0.05, 0.1) is 7.11 Å². The molecule has 0 amide bonds. The topological polar surface area (TPSA) is 24.5 Å². The van der Waals surface area contributed by atoms with E-state index in [-0.39, 0.29) is 0 Å². The second-order valence-corrected chi connectivity index (χ2v) is 4.06. The second kappa shape index (κ2) is 8.09. The molecule has 0 atom stereocenters. The molecule has 17 heavy (non-hydrogen) atoms. The van der Waals surface area contributed by atoms with Crippen LogP contribution >= 0.6 is 0 Å². The van der Waals surface area contributed by atoms with Gasteiger partial charge in [-0.15, -0.1) is 0 Å². The number of methoxy groups -OCH3 is 1. The summed E-state index contributed by atoms with van der Waals surface area (Å²) < 4.78 is 5.20. The fourth-order valence-corrected chi connectivity index (χ4v) is 1.79. The molecule has 0 saturated carbocycles. The predicted octanol–water partition coefficient (Wildman–Crippen LogP) is 2.13. The van der Waals surface area contributed by atoms with E-state index < -0.39 is 0 Å². The summed E-state index contributed by atoms with van der Waals surface area (Å²) in [5.41, 5.74) is 1.27. The SMILES string of the molecule is CCN(CC)CCNCc1cccc(OC)c1. The van der Waals surface area contributed by atoms with Gasteiger partial charge >= 0.3 is 0 Å². The van der Waals surface area contributed by atoms with Crippen LogP contribution < -0.4 is 10.1 Å². The lowest BCUT2D eigenvalue weighted by Gasteiger charge is -2.18. The molecule has 1 N–H and O–H groups in total. The molecule has 1 aromatic rings. The van der Waals surface area contributed by atoms with E-state index in [0.29, 0.717) is 0 Å². The van der Waals surface area contributed by atoms with Gasteiger partial charge in [0.25, 0.3) is 0 Å². The molecule has 3 heteroatoms. The normalized spacial score (nSPS) is 10.8. The number of likely N-dealkylation sites (N-methyl/N-ethyl adjacent to an activating group) is 1. The van der Waals surface area contributed by atoms with Crippen molar-refractivity contribution in [2.24, 2.45) is 0 Å². The standard InChI is InChI=1S/C14H24N2O/c1-4-16(5-2)10-9-15-12-13-7-6-8-14(11-13)17-3/h6-8,11,15H,4-5,9-10,12H2,1-3H3. The largest absolute Gasteiger partial charge is 0.497 e. The molecule has 0 spiro atoms. The Hall–Kier alpha value is -1.06. The van der Waals surface area contributed by atoms with Crippen LogP contribution in [-0.4, -0.2) is 38.2 Å². The highest BCUT2D eigenvalue weighted by Crippen LogP contribution is 2.11. The number of nitrogens with one attached hydrogen (secondary N) is 1. The third kappa shape index (κ3) is 5.20. The maximum Gasteiger partial charge on any atom is 0.119 e. The van der Waals surface area contributed by atoms with Gasteiger partial charge in [-0.2, -0.15) is 0 Å². The molecule has 1 rings (SSSR count). The van der Waals surface area contributed by atoms with Crippen molar-refractivity contribution in [1.29, 1.82) is 0 Å². The molecule has 0 aromatic heterocycles. The molecule has 0 aliphatic heterocycles.